The average Bonchev–Trinajstić information content (AvgIpc) is 3.16. The molecule has 1 aromatic carbocycles. The maximum atomic E-state index is 13.3. The molecule has 8 nitrogen and oxygen atoms in total. The number of hydrogen-bond acceptors (Lipinski definition) is 6. The molecule has 0 amide bonds. The lowest BCUT2D eigenvalue weighted by molar-refractivity contribution is -0.143. The van der Waals surface area contributed by atoms with Crippen LogP contribution in [0.4, 0.5) is 22.0 Å². The second-order valence-electron chi connectivity index (χ2n) is 7.58. The van der Waals surface area contributed by atoms with Crippen LogP contribution in [0, 0.1) is 0 Å². The number of nitrogens with zero attached hydrogens (tertiary/aromatic N) is 4. The van der Waals surface area contributed by atoms with Gasteiger partial charge in [0.25, 0.3) is 5.56 Å². The van der Waals surface area contributed by atoms with Crippen molar-refractivity contribution in [2.24, 2.45) is 7.05 Å². The van der Waals surface area contributed by atoms with Gasteiger partial charge in [0.2, 0.25) is 0 Å². The number of rotatable bonds is 6. The van der Waals surface area contributed by atoms with E-state index in [0.717, 1.165) is 13.1 Å². The number of fused-ring (bicyclic) bond motifs is 1. The van der Waals surface area contributed by atoms with Gasteiger partial charge >= 0.3 is 12.8 Å². The van der Waals surface area contributed by atoms with E-state index in [4.69, 9.17) is 0 Å². The summed E-state index contributed by atoms with van der Waals surface area (Å²) in [4.78, 5) is 20.6. The van der Waals surface area contributed by atoms with Crippen molar-refractivity contribution in [3.8, 4) is 28.3 Å². The fourth-order valence-electron chi connectivity index (χ4n) is 3.62. The Labute approximate surface area is 200 Å². The quantitative estimate of drug-likeness (QED) is 0.349. The molecule has 3 heterocycles. The first-order chi connectivity index (χ1) is 16.8. The molecule has 0 aliphatic carbocycles. The molecule has 0 spiro atoms. The number of alkyl halides is 5. The Balaban J connectivity index is 1.88. The van der Waals surface area contributed by atoms with Crippen LogP contribution >= 0.6 is 0 Å². The molecule has 0 N–H and O–H groups in total. The third-order valence-electron chi connectivity index (χ3n) is 5.35. The SMILES string of the molecule is CCS(=O)(=O)c1cc(-c2ccc(OC(F)F)cc2)cnc1-c1cc(=O)n2c(cc(C(F)(F)F)n2C)n1. The topological polar surface area (TPSA) is 95.6 Å². The molecule has 0 fully saturated rings. The van der Waals surface area contributed by atoms with Gasteiger partial charge in [-0.25, -0.2) is 13.4 Å². The van der Waals surface area contributed by atoms with Crippen LogP contribution in [-0.2, 0) is 23.1 Å². The van der Waals surface area contributed by atoms with E-state index in [1.807, 2.05) is 0 Å². The summed E-state index contributed by atoms with van der Waals surface area (Å²) >= 11 is 0. The van der Waals surface area contributed by atoms with E-state index in [1.54, 1.807) is 0 Å². The van der Waals surface area contributed by atoms with Crippen LogP contribution in [-0.4, -0.2) is 39.9 Å². The Morgan fingerprint density at radius 1 is 1.06 bits per heavy atom. The number of pyridine rings is 1. The highest BCUT2D eigenvalue weighted by molar-refractivity contribution is 7.91. The Bertz CT molecular complexity index is 1610. The Kier molecular flexibility index (Phi) is 6.32. The molecule has 36 heavy (non-hydrogen) atoms. The third-order valence-corrected chi connectivity index (χ3v) is 7.09. The highest BCUT2D eigenvalue weighted by atomic mass is 32.2. The van der Waals surface area contributed by atoms with Crippen LogP contribution in [0.25, 0.3) is 28.2 Å². The number of aryl methyl sites for hydroxylation is 1. The first-order valence-electron chi connectivity index (χ1n) is 10.3. The lowest BCUT2D eigenvalue weighted by Gasteiger charge is -2.12. The zero-order valence-electron chi connectivity index (χ0n) is 18.6. The summed E-state index contributed by atoms with van der Waals surface area (Å²) in [5, 5.41) is 0. The van der Waals surface area contributed by atoms with Crippen LogP contribution in [0.2, 0.25) is 0 Å². The van der Waals surface area contributed by atoms with E-state index in [-0.39, 0.29) is 33.4 Å². The fraction of sp³-hybridized carbons (Fsp3) is 0.227. The average molecular weight is 528 g/mol. The van der Waals surface area contributed by atoms with Gasteiger partial charge in [0.05, 0.1) is 16.3 Å². The van der Waals surface area contributed by atoms with Gasteiger partial charge in [-0.2, -0.15) is 26.5 Å². The van der Waals surface area contributed by atoms with E-state index in [1.165, 1.54) is 43.5 Å². The van der Waals surface area contributed by atoms with Gasteiger partial charge in [0.15, 0.2) is 15.5 Å². The summed E-state index contributed by atoms with van der Waals surface area (Å²) in [6, 6.07) is 8.25. The van der Waals surface area contributed by atoms with Gasteiger partial charge in [-0.15, -0.1) is 0 Å². The molecule has 3 aromatic heterocycles. The second-order valence-corrected chi connectivity index (χ2v) is 9.82. The first kappa shape index (κ1) is 25.3. The molecule has 0 atom stereocenters. The lowest BCUT2D eigenvalue weighted by atomic mass is 10.1. The van der Waals surface area contributed by atoms with Crippen LogP contribution in [0.5, 0.6) is 5.75 Å². The van der Waals surface area contributed by atoms with Crippen molar-refractivity contribution in [1.82, 2.24) is 19.2 Å². The number of ether oxygens (including phenoxy) is 1. The van der Waals surface area contributed by atoms with E-state index in [9.17, 15) is 35.2 Å². The molecule has 4 aromatic rings. The van der Waals surface area contributed by atoms with Gasteiger partial charge in [0, 0.05) is 30.9 Å². The van der Waals surface area contributed by atoms with Crippen LogP contribution in [0.15, 0.2) is 58.4 Å². The minimum atomic E-state index is -4.75. The minimum Gasteiger partial charge on any atom is -0.435 e. The molecule has 0 saturated heterocycles. The second kappa shape index (κ2) is 9.00. The normalized spacial score (nSPS) is 12.4. The van der Waals surface area contributed by atoms with Crippen molar-refractivity contribution in [1.29, 1.82) is 0 Å². The van der Waals surface area contributed by atoms with Crippen molar-refractivity contribution < 1.29 is 35.1 Å². The zero-order chi connectivity index (χ0) is 26.4. The van der Waals surface area contributed by atoms with Crippen LogP contribution in [0.1, 0.15) is 12.6 Å². The van der Waals surface area contributed by atoms with Crippen molar-refractivity contribution in [2.45, 2.75) is 24.6 Å². The van der Waals surface area contributed by atoms with Gasteiger partial charge in [-0.1, -0.05) is 19.1 Å². The van der Waals surface area contributed by atoms with Crippen molar-refractivity contribution in [3.63, 3.8) is 0 Å². The highest BCUT2D eigenvalue weighted by Crippen LogP contribution is 2.32. The van der Waals surface area contributed by atoms with Gasteiger partial charge in [-0.05, 0) is 23.8 Å². The van der Waals surface area contributed by atoms with E-state index < -0.39 is 33.9 Å². The predicted octanol–water partition coefficient (Wildman–Crippen LogP) is 4.18. The van der Waals surface area contributed by atoms with Gasteiger partial charge < -0.3 is 4.74 Å². The molecule has 190 valence electrons. The fourth-order valence-corrected chi connectivity index (χ4v) is 4.68. The summed E-state index contributed by atoms with van der Waals surface area (Å²) in [5.41, 5.74) is -2.01. The van der Waals surface area contributed by atoms with Crippen molar-refractivity contribution >= 4 is 15.5 Å². The van der Waals surface area contributed by atoms with Crippen LogP contribution < -0.4 is 10.3 Å². The Hall–Kier alpha value is -3.81. The smallest absolute Gasteiger partial charge is 0.433 e. The van der Waals surface area contributed by atoms with Gasteiger partial charge in [0.1, 0.15) is 17.1 Å². The lowest BCUT2D eigenvalue weighted by Crippen LogP contribution is -2.22. The summed E-state index contributed by atoms with van der Waals surface area (Å²) in [6.45, 7) is -1.62. The number of sulfone groups is 1. The Morgan fingerprint density at radius 2 is 1.72 bits per heavy atom. The van der Waals surface area contributed by atoms with Crippen molar-refractivity contribution in [2.75, 3.05) is 5.75 Å². The zero-order valence-corrected chi connectivity index (χ0v) is 19.4. The molecule has 0 aliphatic heterocycles. The van der Waals surface area contributed by atoms with Crippen LogP contribution in [0.3, 0.4) is 0 Å². The number of hydrogen-bond donors (Lipinski definition) is 0. The predicted molar refractivity (Wildman–Crippen MR) is 118 cm³/mol. The molecule has 0 saturated carbocycles. The molecular weight excluding hydrogens is 511 g/mol. The molecule has 0 bridgehead atoms. The van der Waals surface area contributed by atoms with Crippen molar-refractivity contribution in [3.05, 3.63) is 64.7 Å². The summed E-state index contributed by atoms with van der Waals surface area (Å²) in [5.74, 6) is -0.435. The van der Waals surface area contributed by atoms with Gasteiger partial charge in [-0.3, -0.25) is 14.5 Å². The Morgan fingerprint density at radius 3 is 2.31 bits per heavy atom. The summed E-state index contributed by atoms with van der Waals surface area (Å²) < 4.78 is 96.1. The molecule has 0 aliphatic rings. The number of aromatic nitrogens is 4. The maximum absolute atomic E-state index is 13.3. The maximum Gasteiger partial charge on any atom is 0.433 e. The summed E-state index contributed by atoms with van der Waals surface area (Å²) in [7, 11) is -2.89. The largest absolute Gasteiger partial charge is 0.435 e. The minimum absolute atomic E-state index is 0.0983. The van der Waals surface area contributed by atoms with E-state index >= 15 is 0 Å². The summed E-state index contributed by atoms with van der Waals surface area (Å²) in [6.07, 6.45) is -3.47. The third kappa shape index (κ3) is 4.67. The molecular formula is C22H17F5N4O4S. The first-order valence-corrected chi connectivity index (χ1v) is 11.9. The highest BCUT2D eigenvalue weighted by Gasteiger charge is 2.35. The van der Waals surface area contributed by atoms with E-state index in [2.05, 4.69) is 14.7 Å². The molecule has 0 radical (unpaired) electrons. The molecule has 4 rings (SSSR count). The van der Waals surface area contributed by atoms with E-state index in [0.29, 0.717) is 26.4 Å². The molecule has 0 unspecified atom stereocenters. The standard InChI is InChI=1S/C22H17F5N4O4S/c1-3-36(33,34)16-8-13(12-4-6-14(7-5-12)35-21(23)24)11-28-20(16)15-9-19(32)31-18(29-15)10-17(30(31)2)22(25,26)27/h4-11,21H,3H2,1-2H3. The monoisotopic (exact) mass is 528 g/mol. The molecule has 14 heteroatoms. The number of halogens is 5. The number of benzene rings is 1.